The molecular formula is C22H15Cl2FN2O2. The van der Waals surface area contributed by atoms with Crippen molar-refractivity contribution in [1.82, 2.24) is 4.90 Å². The standard InChI is InChI=1S/C22H15Cl2FN2O2/c23-14-6-8-16(18(24)10-14)22(29)27-12-20(28)26-19-9-7-15(25)11-17(19)21(27)13-4-2-1-3-5-13/h1-11,21H,12H2,(H,26,28). The van der Waals surface area contributed by atoms with Crippen molar-refractivity contribution >= 4 is 40.7 Å². The second-order valence-corrected chi connectivity index (χ2v) is 7.49. The summed E-state index contributed by atoms with van der Waals surface area (Å²) < 4.78 is 14.1. The van der Waals surface area contributed by atoms with Gasteiger partial charge in [-0.1, -0.05) is 53.5 Å². The minimum absolute atomic E-state index is 0.179. The maximum atomic E-state index is 14.1. The Balaban J connectivity index is 1.90. The molecule has 4 nitrogen and oxygen atoms in total. The number of rotatable bonds is 2. The molecule has 2 amide bonds. The van der Waals surface area contributed by atoms with Crippen LogP contribution >= 0.6 is 23.2 Å². The van der Waals surface area contributed by atoms with E-state index in [1.165, 1.54) is 35.2 Å². The fourth-order valence-corrected chi connectivity index (χ4v) is 3.97. The van der Waals surface area contributed by atoms with Crippen LogP contribution in [-0.2, 0) is 4.79 Å². The quantitative estimate of drug-likeness (QED) is 0.600. The molecule has 29 heavy (non-hydrogen) atoms. The molecule has 0 aliphatic carbocycles. The summed E-state index contributed by atoms with van der Waals surface area (Å²) in [6, 6.07) is 17.1. The Morgan fingerprint density at radius 1 is 1.03 bits per heavy atom. The number of hydrogen-bond donors (Lipinski definition) is 1. The molecule has 0 spiro atoms. The fraction of sp³-hybridized carbons (Fsp3) is 0.0909. The van der Waals surface area contributed by atoms with Crippen molar-refractivity contribution in [3.05, 3.63) is 99.3 Å². The summed E-state index contributed by atoms with van der Waals surface area (Å²) in [5, 5.41) is 3.33. The van der Waals surface area contributed by atoms with Gasteiger partial charge in [0.05, 0.1) is 16.6 Å². The van der Waals surface area contributed by atoms with Gasteiger partial charge in [0.25, 0.3) is 5.91 Å². The Morgan fingerprint density at radius 3 is 2.52 bits per heavy atom. The first-order chi connectivity index (χ1) is 13.9. The van der Waals surface area contributed by atoms with Gasteiger partial charge >= 0.3 is 0 Å². The Kier molecular flexibility index (Phi) is 5.26. The van der Waals surface area contributed by atoms with Crippen molar-refractivity contribution in [3.8, 4) is 0 Å². The lowest BCUT2D eigenvalue weighted by Gasteiger charge is -2.31. The summed E-state index contributed by atoms with van der Waals surface area (Å²) in [6.07, 6.45) is 0. The number of hydrogen-bond acceptors (Lipinski definition) is 2. The summed E-state index contributed by atoms with van der Waals surface area (Å²) in [4.78, 5) is 27.4. The molecular weight excluding hydrogens is 414 g/mol. The van der Waals surface area contributed by atoms with E-state index in [0.29, 0.717) is 16.3 Å². The molecule has 1 N–H and O–H groups in total. The van der Waals surface area contributed by atoms with Gasteiger partial charge in [-0.3, -0.25) is 9.59 Å². The van der Waals surface area contributed by atoms with E-state index >= 15 is 0 Å². The average molecular weight is 429 g/mol. The molecule has 0 bridgehead atoms. The third-order valence-electron chi connectivity index (χ3n) is 4.75. The van der Waals surface area contributed by atoms with Crippen LogP contribution in [0.25, 0.3) is 0 Å². The first-order valence-electron chi connectivity index (χ1n) is 8.84. The van der Waals surface area contributed by atoms with Gasteiger partial charge in [-0.25, -0.2) is 4.39 Å². The second kappa shape index (κ2) is 7.85. The minimum Gasteiger partial charge on any atom is -0.324 e. The predicted molar refractivity (Wildman–Crippen MR) is 111 cm³/mol. The lowest BCUT2D eigenvalue weighted by Crippen LogP contribution is -2.39. The number of anilines is 1. The van der Waals surface area contributed by atoms with Crippen molar-refractivity contribution in [3.63, 3.8) is 0 Å². The van der Waals surface area contributed by atoms with Gasteiger partial charge in [-0.05, 0) is 42.0 Å². The van der Waals surface area contributed by atoms with E-state index in [1.54, 1.807) is 6.07 Å². The minimum atomic E-state index is -0.680. The zero-order valence-electron chi connectivity index (χ0n) is 15.0. The van der Waals surface area contributed by atoms with Crippen LogP contribution in [0.4, 0.5) is 10.1 Å². The molecule has 1 aliphatic rings. The Hall–Kier alpha value is -2.89. The lowest BCUT2D eigenvalue weighted by atomic mass is 9.95. The van der Waals surface area contributed by atoms with Gasteiger partial charge < -0.3 is 10.2 Å². The molecule has 0 saturated carbocycles. The summed E-state index contributed by atoms with van der Waals surface area (Å²) >= 11 is 12.2. The third kappa shape index (κ3) is 3.84. The maximum absolute atomic E-state index is 14.1. The number of halogens is 3. The molecule has 3 aromatic carbocycles. The smallest absolute Gasteiger partial charge is 0.256 e. The summed E-state index contributed by atoms with van der Waals surface area (Å²) in [6.45, 7) is -0.215. The van der Waals surface area contributed by atoms with E-state index < -0.39 is 17.8 Å². The highest BCUT2D eigenvalue weighted by Crippen LogP contribution is 2.37. The zero-order valence-corrected chi connectivity index (χ0v) is 16.5. The first-order valence-corrected chi connectivity index (χ1v) is 9.60. The molecule has 0 aromatic heterocycles. The van der Waals surface area contributed by atoms with Gasteiger partial charge in [0.15, 0.2) is 0 Å². The molecule has 1 unspecified atom stereocenters. The van der Waals surface area contributed by atoms with Gasteiger partial charge in [0.1, 0.15) is 12.4 Å². The molecule has 1 atom stereocenters. The lowest BCUT2D eigenvalue weighted by molar-refractivity contribution is -0.117. The number of carbonyl (C=O) groups is 2. The zero-order chi connectivity index (χ0) is 20.5. The normalized spacial score (nSPS) is 16.0. The molecule has 0 radical (unpaired) electrons. The Labute approximate surface area is 176 Å². The van der Waals surface area contributed by atoms with Crippen LogP contribution in [0.15, 0.2) is 66.7 Å². The number of fused-ring (bicyclic) bond motifs is 1. The number of nitrogens with zero attached hydrogens (tertiary/aromatic N) is 1. The number of nitrogens with one attached hydrogen (secondary N) is 1. The SMILES string of the molecule is O=C1CN(C(=O)c2ccc(Cl)cc2Cl)C(c2ccccc2)c2cc(F)ccc2N1. The third-order valence-corrected chi connectivity index (χ3v) is 5.29. The molecule has 0 fully saturated rings. The van der Waals surface area contributed by atoms with Crippen LogP contribution in [0, 0.1) is 5.82 Å². The van der Waals surface area contributed by atoms with Gasteiger partial charge in [0.2, 0.25) is 5.91 Å². The van der Waals surface area contributed by atoms with Crippen molar-refractivity contribution < 1.29 is 14.0 Å². The monoisotopic (exact) mass is 428 g/mol. The van der Waals surface area contributed by atoms with E-state index in [-0.39, 0.29) is 23.0 Å². The van der Waals surface area contributed by atoms with Crippen molar-refractivity contribution in [2.75, 3.05) is 11.9 Å². The highest BCUT2D eigenvalue weighted by molar-refractivity contribution is 6.36. The molecule has 1 aliphatic heterocycles. The van der Waals surface area contributed by atoms with E-state index in [1.807, 2.05) is 30.3 Å². The van der Waals surface area contributed by atoms with Crippen molar-refractivity contribution in [2.45, 2.75) is 6.04 Å². The fourth-order valence-electron chi connectivity index (χ4n) is 3.48. The van der Waals surface area contributed by atoms with Crippen LogP contribution < -0.4 is 5.32 Å². The van der Waals surface area contributed by atoms with E-state index in [4.69, 9.17) is 23.2 Å². The van der Waals surface area contributed by atoms with Crippen LogP contribution in [0.3, 0.4) is 0 Å². The highest BCUT2D eigenvalue weighted by atomic mass is 35.5. The molecule has 1 heterocycles. The topological polar surface area (TPSA) is 49.4 Å². The van der Waals surface area contributed by atoms with Crippen LogP contribution in [0.2, 0.25) is 10.0 Å². The largest absolute Gasteiger partial charge is 0.324 e. The molecule has 0 saturated heterocycles. The van der Waals surface area contributed by atoms with Crippen molar-refractivity contribution in [1.29, 1.82) is 0 Å². The van der Waals surface area contributed by atoms with Gasteiger partial charge in [-0.2, -0.15) is 0 Å². The number of benzene rings is 3. The predicted octanol–water partition coefficient (Wildman–Crippen LogP) is 5.32. The molecule has 4 rings (SSSR count). The van der Waals surface area contributed by atoms with Crippen LogP contribution in [0.5, 0.6) is 0 Å². The molecule has 146 valence electrons. The molecule has 3 aromatic rings. The summed E-state index contributed by atoms with van der Waals surface area (Å²) in [5.74, 6) is -1.29. The average Bonchev–Trinajstić information content (AvgIpc) is 2.84. The number of carbonyl (C=O) groups excluding carboxylic acids is 2. The van der Waals surface area contributed by atoms with E-state index in [2.05, 4.69) is 5.32 Å². The highest BCUT2D eigenvalue weighted by Gasteiger charge is 2.34. The van der Waals surface area contributed by atoms with Crippen molar-refractivity contribution in [2.24, 2.45) is 0 Å². The first kappa shape index (κ1) is 19.4. The second-order valence-electron chi connectivity index (χ2n) is 6.65. The van der Waals surface area contributed by atoms with Crippen LogP contribution in [-0.4, -0.2) is 23.3 Å². The number of amides is 2. The van der Waals surface area contributed by atoms with E-state index in [9.17, 15) is 14.0 Å². The maximum Gasteiger partial charge on any atom is 0.256 e. The van der Waals surface area contributed by atoms with Crippen LogP contribution in [0.1, 0.15) is 27.5 Å². The summed E-state index contributed by atoms with van der Waals surface area (Å²) in [7, 11) is 0. The van der Waals surface area contributed by atoms with Gasteiger partial charge in [-0.15, -0.1) is 0 Å². The van der Waals surface area contributed by atoms with Gasteiger partial charge in [0, 0.05) is 16.3 Å². The Bertz CT molecular complexity index is 1110. The molecule has 7 heteroatoms. The van der Waals surface area contributed by atoms with E-state index in [0.717, 1.165) is 5.56 Å². The Morgan fingerprint density at radius 2 is 1.79 bits per heavy atom. The summed E-state index contributed by atoms with van der Waals surface area (Å²) in [5.41, 5.74) is 1.90.